The van der Waals surface area contributed by atoms with Gasteiger partial charge in [-0.25, -0.2) is 4.99 Å². The van der Waals surface area contributed by atoms with E-state index < -0.39 is 0 Å². The van der Waals surface area contributed by atoms with E-state index in [9.17, 15) is 4.79 Å². The fourth-order valence-corrected chi connectivity index (χ4v) is 3.85. The van der Waals surface area contributed by atoms with Crippen molar-refractivity contribution in [3.8, 4) is 0 Å². The summed E-state index contributed by atoms with van der Waals surface area (Å²) < 4.78 is 5.74. The number of hydrogen-bond donors (Lipinski definition) is 2. The lowest BCUT2D eigenvalue weighted by Gasteiger charge is -2.60. The van der Waals surface area contributed by atoms with Crippen molar-refractivity contribution in [3.05, 3.63) is 12.7 Å². The Bertz CT molecular complexity index is 464. The number of hydrogen-bond acceptors (Lipinski definition) is 3. The molecule has 1 rings (SSSR count). The topological polar surface area (TPSA) is 66.0 Å². The molecule has 0 aromatic heterocycles. The number of amides is 1. The minimum atomic E-state index is -0.0247. The van der Waals surface area contributed by atoms with Crippen molar-refractivity contribution < 1.29 is 9.53 Å². The summed E-state index contributed by atoms with van der Waals surface area (Å²) in [5.41, 5.74) is 0.0936. The van der Waals surface area contributed by atoms with Gasteiger partial charge in [-0.3, -0.25) is 4.79 Å². The maximum atomic E-state index is 11.8. The normalized spacial score (nSPS) is 24.6. The fraction of sp³-hybridized carbons (Fsp3) is 0.778. The van der Waals surface area contributed by atoms with Gasteiger partial charge in [0.25, 0.3) is 0 Å². The van der Waals surface area contributed by atoms with Crippen molar-refractivity contribution in [2.24, 2.45) is 16.3 Å². The molecule has 6 nitrogen and oxygen atoms in total. The summed E-state index contributed by atoms with van der Waals surface area (Å²) >= 11 is 0. The molecule has 1 fully saturated rings. The minimum Gasteiger partial charge on any atom is -0.380 e. The summed E-state index contributed by atoms with van der Waals surface area (Å²) in [5, 5.41) is 6.74. The fourth-order valence-electron chi connectivity index (χ4n) is 3.85. The first-order chi connectivity index (χ1) is 11.4. The molecule has 1 aliphatic carbocycles. The van der Waals surface area contributed by atoms with E-state index in [1.807, 2.05) is 0 Å². The van der Waals surface area contributed by atoms with Crippen LogP contribution in [0.4, 0.5) is 0 Å². The van der Waals surface area contributed by atoms with Crippen LogP contribution >= 0.6 is 24.0 Å². The predicted molar refractivity (Wildman–Crippen MR) is 115 cm³/mol. The Hall–Kier alpha value is -0.830. The van der Waals surface area contributed by atoms with Crippen LogP contribution in [-0.2, 0) is 9.53 Å². The average Bonchev–Trinajstić information content (AvgIpc) is 2.57. The Kier molecular flexibility index (Phi) is 10.6. The lowest BCUT2D eigenvalue weighted by atomic mass is 9.53. The van der Waals surface area contributed by atoms with Crippen LogP contribution in [0.5, 0.6) is 0 Å². The zero-order valence-electron chi connectivity index (χ0n) is 16.5. The molecule has 146 valence electrons. The second kappa shape index (κ2) is 11.0. The maximum absolute atomic E-state index is 11.8. The lowest BCUT2D eigenvalue weighted by molar-refractivity contribution is -0.163. The van der Waals surface area contributed by atoms with Gasteiger partial charge in [-0.05, 0) is 12.8 Å². The lowest BCUT2D eigenvalue weighted by Crippen LogP contribution is -2.70. The summed E-state index contributed by atoms with van der Waals surface area (Å²) in [5.74, 6) is 1.02. The van der Waals surface area contributed by atoms with Crippen molar-refractivity contribution in [2.75, 3.05) is 34.3 Å². The monoisotopic (exact) mass is 466 g/mol. The van der Waals surface area contributed by atoms with Gasteiger partial charge in [-0.1, -0.05) is 26.8 Å². The Morgan fingerprint density at radius 3 is 2.40 bits per heavy atom. The molecule has 1 aliphatic rings. The Morgan fingerprint density at radius 1 is 1.36 bits per heavy atom. The largest absolute Gasteiger partial charge is 0.380 e. The van der Waals surface area contributed by atoms with Gasteiger partial charge in [0.2, 0.25) is 5.91 Å². The molecule has 1 amide bonds. The van der Waals surface area contributed by atoms with Crippen LogP contribution < -0.4 is 10.6 Å². The van der Waals surface area contributed by atoms with Crippen molar-refractivity contribution >= 4 is 35.8 Å². The number of carbonyl (C=O) groups is 1. The third-order valence-corrected chi connectivity index (χ3v) is 5.34. The number of guanidine groups is 1. The van der Waals surface area contributed by atoms with Gasteiger partial charge in [-0.2, -0.15) is 0 Å². The van der Waals surface area contributed by atoms with E-state index in [-0.39, 0.29) is 54.0 Å². The molecule has 0 aliphatic heterocycles. The summed E-state index contributed by atoms with van der Waals surface area (Å²) in [6.45, 7) is 11.1. The van der Waals surface area contributed by atoms with Gasteiger partial charge in [0, 0.05) is 45.1 Å². The van der Waals surface area contributed by atoms with Crippen LogP contribution in [0.1, 0.15) is 33.6 Å². The Morgan fingerprint density at radius 2 is 1.96 bits per heavy atom. The highest BCUT2D eigenvalue weighted by atomic mass is 127. The molecule has 2 N–H and O–H groups in total. The minimum absolute atomic E-state index is 0. The molecule has 0 spiro atoms. The SMILES string of the molecule is C=CCNC(=NCC(=O)N(C)C)NC1C(C)C(OC)C1(CC)CC.I. The number of methoxy groups -OCH3 is 1. The number of halogens is 1. The number of nitrogens with one attached hydrogen (secondary N) is 2. The standard InChI is InChI=1S/C18H34N4O2.HI/c1-8-11-19-17(20-12-14(23)22(5)6)21-15-13(4)16(24-7)18(15,9-2)10-3;/h8,13,15-16H,1,9-12H2,2-7H3,(H2,19,20,21);1H. The average molecular weight is 466 g/mol. The number of carbonyl (C=O) groups excluding carboxylic acids is 1. The molecule has 7 heteroatoms. The Balaban J connectivity index is 0.00000576. The van der Waals surface area contributed by atoms with E-state index in [0.29, 0.717) is 18.4 Å². The van der Waals surface area contributed by atoms with Crippen LogP contribution in [0.25, 0.3) is 0 Å². The van der Waals surface area contributed by atoms with E-state index in [1.54, 1.807) is 32.2 Å². The Labute approximate surface area is 169 Å². The molecule has 1 saturated carbocycles. The quantitative estimate of drug-likeness (QED) is 0.249. The van der Waals surface area contributed by atoms with Crippen molar-refractivity contribution in [3.63, 3.8) is 0 Å². The highest BCUT2D eigenvalue weighted by Crippen LogP contribution is 2.52. The number of nitrogens with zero attached hydrogens (tertiary/aromatic N) is 2. The van der Waals surface area contributed by atoms with Crippen molar-refractivity contribution in [1.82, 2.24) is 15.5 Å². The van der Waals surface area contributed by atoms with Crippen LogP contribution in [0.3, 0.4) is 0 Å². The molecular formula is C18H35IN4O2. The molecule has 0 aromatic carbocycles. The van der Waals surface area contributed by atoms with E-state index in [1.165, 1.54) is 0 Å². The van der Waals surface area contributed by atoms with E-state index in [2.05, 4.69) is 43.0 Å². The zero-order chi connectivity index (χ0) is 18.3. The zero-order valence-corrected chi connectivity index (χ0v) is 18.8. The smallest absolute Gasteiger partial charge is 0.243 e. The highest BCUT2D eigenvalue weighted by molar-refractivity contribution is 14.0. The van der Waals surface area contributed by atoms with Crippen LogP contribution in [0.2, 0.25) is 0 Å². The van der Waals surface area contributed by atoms with Gasteiger partial charge in [0.1, 0.15) is 6.54 Å². The molecule has 0 aromatic rings. The molecule has 0 saturated heterocycles. The second-order valence-electron chi connectivity index (χ2n) is 6.70. The molecular weight excluding hydrogens is 431 g/mol. The molecule has 3 unspecified atom stereocenters. The van der Waals surface area contributed by atoms with Crippen molar-refractivity contribution in [1.29, 1.82) is 0 Å². The number of aliphatic imine (C=N–C) groups is 1. The summed E-state index contributed by atoms with van der Waals surface area (Å²) in [4.78, 5) is 17.8. The van der Waals surface area contributed by atoms with Crippen LogP contribution in [-0.4, -0.2) is 63.2 Å². The van der Waals surface area contributed by atoms with Gasteiger partial charge in [0.05, 0.1) is 6.10 Å². The van der Waals surface area contributed by atoms with Gasteiger partial charge >= 0.3 is 0 Å². The van der Waals surface area contributed by atoms with Crippen LogP contribution in [0, 0.1) is 11.3 Å². The van der Waals surface area contributed by atoms with Gasteiger partial charge in [0.15, 0.2) is 5.96 Å². The van der Waals surface area contributed by atoms with E-state index >= 15 is 0 Å². The molecule has 0 radical (unpaired) electrons. The first-order valence-corrected chi connectivity index (χ1v) is 8.76. The molecule has 3 atom stereocenters. The summed E-state index contributed by atoms with van der Waals surface area (Å²) in [7, 11) is 5.26. The predicted octanol–water partition coefficient (Wildman–Crippen LogP) is 2.25. The molecule has 25 heavy (non-hydrogen) atoms. The van der Waals surface area contributed by atoms with Gasteiger partial charge < -0.3 is 20.3 Å². The van der Waals surface area contributed by atoms with E-state index in [4.69, 9.17) is 4.74 Å². The first kappa shape index (κ1) is 24.2. The van der Waals surface area contributed by atoms with Gasteiger partial charge in [-0.15, -0.1) is 30.6 Å². The number of ether oxygens (including phenoxy) is 1. The number of likely N-dealkylation sites (N-methyl/N-ethyl adjacent to an activating group) is 1. The third-order valence-electron chi connectivity index (χ3n) is 5.34. The van der Waals surface area contributed by atoms with Crippen molar-refractivity contribution in [2.45, 2.75) is 45.8 Å². The summed E-state index contributed by atoms with van der Waals surface area (Å²) in [6.07, 6.45) is 4.10. The maximum Gasteiger partial charge on any atom is 0.243 e. The molecule has 0 bridgehead atoms. The highest BCUT2D eigenvalue weighted by Gasteiger charge is 2.58. The number of rotatable bonds is 8. The van der Waals surface area contributed by atoms with Crippen LogP contribution in [0.15, 0.2) is 17.6 Å². The molecule has 0 heterocycles. The first-order valence-electron chi connectivity index (χ1n) is 8.76. The third kappa shape index (κ3) is 5.32. The second-order valence-corrected chi connectivity index (χ2v) is 6.70. The van der Waals surface area contributed by atoms with E-state index in [0.717, 1.165) is 12.8 Å². The summed E-state index contributed by atoms with van der Waals surface area (Å²) in [6, 6.07) is 0.267.